The van der Waals surface area contributed by atoms with Gasteiger partial charge in [-0.3, -0.25) is 4.79 Å². The number of benzene rings is 2. The lowest BCUT2D eigenvalue weighted by Gasteiger charge is -2.24. The van der Waals surface area contributed by atoms with Crippen LogP contribution in [0.3, 0.4) is 0 Å². The van der Waals surface area contributed by atoms with Crippen LogP contribution in [0.4, 0.5) is 0 Å². The predicted molar refractivity (Wildman–Crippen MR) is 110 cm³/mol. The van der Waals surface area contributed by atoms with Crippen LogP contribution in [0.2, 0.25) is 0 Å². The fraction of sp³-hybridized carbons (Fsp3) is 0.318. The van der Waals surface area contributed by atoms with E-state index in [9.17, 15) is 4.79 Å². The number of nitrogens with zero attached hydrogens (tertiary/aromatic N) is 4. The number of ether oxygens (including phenoxy) is 1. The average molecular weight is 394 g/mol. The first-order chi connectivity index (χ1) is 14.0. The Balaban J connectivity index is 1.70. The Morgan fingerprint density at radius 3 is 2.59 bits per heavy atom. The molecule has 0 bridgehead atoms. The van der Waals surface area contributed by atoms with E-state index in [1.165, 1.54) is 0 Å². The van der Waals surface area contributed by atoms with Crippen LogP contribution in [0.5, 0.6) is 5.75 Å². The smallest absolute Gasteiger partial charge is 0.258 e. The molecule has 2 aromatic carbocycles. The maximum Gasteiger partial charge on any atom is 0.258 e. The highest BCUT2D eigenvalue weighted by Gasteiger charge is 2.19. The average Bonchev–Trinajstić information content (AvgIpc) is 3.20. The molecule has 0 fully saturated rings. The maximum absolute atomic E-state index is 12.9. The lowest BCUT2D eigenvalue weighted by atomic mass is 10.2. The Morgan fingerprint density at radius 1 is 1.07 bits per heavy atom. The highest BCUT2D eigenvalue weighted by molar-refractivity contribution is 5.78. The first-order valence-electron chi connectivity index (χ1n) is 9.48. The molecular formula is C22H26N4O3. The molecule has 1 aromatic heterocycles. The molecule has 0 N–H and O–H groups in total. The molecule has 0 aliphatic carbocycles. The summed E-state index contributed by atoms with van der Waals surface area (Å²) in [5.41, 5.74) is 1.84. The van der Waals surface area contributed by atoms with Crippen molar-refractivity contribution in [2.24, 2.45) is 0 Å². The second-order valence-electron chi connectivity index (χ2n) is 7.03. The molecule has 0 aliphatic rings. The summed E-state index contributed by atoms with van der Waals surface area (Å²) in [6.45, 7) is 1.95. The van der Waals surface area contributed by atoms with Gasteiger partial charge in [0, 0.05) is 25.2 Å². The molecule has 0 saturated carbocycles. The fourth-order valence-corrected chi connectivity index (χ4v) is 2.86. The van der Waals surface area contributed by atoms with Crippen molar-refractivity contribution >= 4 is 5.91 Å². The van der Waals surface area contributed by atoms with Crippen LogP contribution in [0.1, 0.15) is 11.4 Å². The Morgan fingerprint density at radius 2 is 1.86 bits per heavy atom. The first kappa shape index (κ1) is 20.5. The molecule has 1 heterocycles. The number of aromatic nitrogens is 2. The molecule has 152 valence electrons. The maximum atomic E-state index is 12.9. The summed E-state index contributed by atoms with van der Waals surface area (Å²) in [6.07, 6.45) is 0.0910. The summed E-state index contributed by atoms with van der Waals surface area (Å²) in [5.74, 6) is 1.41. The summed E-state index contributed by atoms with van der Waals surface area (Å²) in [6, 6.07) is 17.3. The van der Waals surface area contributed by atoms with E-state index in [-0.39, 0.29) is 12.3 Å². The third kappa shape index (κ3) is 5.89. The number of hydrogen-bond donors (Lipinski definition) is 0. The number of carbonyl (C=O) groups excluding carboxylic acids is 1. The largest absolute Gasteiger partial charge is 0.497 e. The van der Waals surface area contributed by atoms with Gasteiger partial charge in [0.25, 0.3) is 5.89 Å². The zero-order chi connectivity index (χ0) is 20.6. The van der Waals surface area contributed by atoms with Gasteiger partial charge in [-0.2, -0.15) is 4.98 Å². The lowest BCUT2D eigenvalue weighted by Crippen LogP contribution is -2.37. The Bertz CT molecular complexity index is 925. The molecule has 1 amide bonds. The van der Waals surface area contributed by atoms with Gasteiger partial charge in [-0.05, 0) is 37.9 Å². The molecule has 3 rings (SSSR count). The van der Waals surface area contributed by atoms with Gasteiger partial charge in [-0.25, -0.2) is 0 Å². The van der Waals surface area contributed by atoms with Crippen molar-refractivity contribution in [1.29, 1.82) is 0 Å². The Kier molecular flexibility index (Phi) is 6.97. The molecule has 0 aliphatic heterocycles. The van der Waals surface area contributed by atoms with Crippen molar-refractivity contribution in [3.63, 3.8) is 0 Å². The third-order valence-corrected chi connectivity index (χ3v) is 4.48. The van der Waals surface area contributed by atoms with Crippen molar-refractivity contribution in [2.75, 3.05) is 34.3 Å². The van der Waals surface area contributed by atoms with Gasteiger partial charge in [0.15, 0.2) is 5.82 Å². The SMILES string of the molecule is COc1cccc(-c2nc(CC(=O)N(CCN(C)C)Cc3ccccc3)no2)c1. The molecule has 0 unspecified atom stereocenters. The van der Waals surface area contributed by atoms with Gasteiger partial charge in [0.05, 0.1) is 13.5 Å². The summed E-state index contributed by atoms with van der Waals surface area (Å²) in [5, 5.41) is 3.99. The molecule has 0 radical (unpaired) electrons. The van der Waals surface area contributed by atoms with Crippen molar-refractivity contribution in [2.45, 2.75) is 13.0 Å². The Hall–Kier alpha value is -3.19. The molecule has 29 heavy (non-hydrogen) atoms. The fourth-order valence-electron chi connectivity index (χ4n) is 2.86. The number of amides is 1. The zero-order valence-electron chi connectivity index (χ0n) is 17.0. The third-order valence-electron chi connectivity index (χ3n) is 4.48. The standard InChI is InChI=1S/C22H26N4O3/c1-25(2)12-13-26(16-17-8-5-4-6-9-17)21(27)15-20-23-22(29-24-20)18-10-7-11-19(14-18)28-3/h4-11,14H,12-13,15-16H2,1-3H3. The summed E-state index contributed by atoms with van der Waals surface area (Å²) < 4.78 is 10.6. The van der Waals surface area contributed by atoms with E-state index in [1.54, 1.807) is 7.11 Å². The molecule has 3 aromatic rings. The van der Waals surface area contributed by atoms with E-state index in [4.69, 9.17) is 9.26 Å². The van der Waals surface area contributed by atoms with Crippen molar-refractivity contribution in [3.05, 3.63) is 66.0 Å². The second-order valence-corrected chi connectivity index (χ2v) is 7.03. The Labute approximate surface area is 170 Å². The lowest BCUT2D eigenvalue weighted by molar-refractivity contribution is -0.131. The van der Waals surface area contributed by atoms with Gasteiger partial charge < -0.3 is 19.1 Å². The molecule has 0 atom stereocenters. The monoisotopic (exact) mass is 394 g/mol. The van der Waals surface area contributed by atoms with Crippen molar-refractivity contribution < 1.29 is 14.1 Å². The highest BCUT2D eigenvalue weighted by Crippen LogP contribution is 2.22. The van der Waals surface area contributed by atoms with Gasteiger partial charge >= 0.3 is 0 Å². The number of hydrogen-bond acceptors (Lipinski definition) is 6. The predicted octanol–water partition coefficient (Wildman–Crippen LogP) is 2.88. The van der Waals surface area contributed by atoms with E-state index in [1.807, 2.05) is 73.6 Å². The van der Waals surface area contributed by atoms with Crippen LogP contribution in [0.25, 0.3) is 11.5 Å². The summed E-state index contributed by atoms with van der Waals surface area (Å²) in [7, 11) is 5.58. The van der Waals surface area contributed by atoms with Crippen LogP contribution < -0.4 is 4.74 Å². The quantitative estimate of drug-likeness (QED) is 0.556. The second kappa shape index (κ2) is 9.84. The summed E-state index contributed by atoms with van der Waals surface area (Å²) >= 11 is 0. The van der Waals surface area contributed by atoms with Crippen LogP contribution in [0, 0.1) is 0 Å². The number of methoxy groups -OCH3 is 1. The minimum Gasteiger partial charge on any atom is -0.497 e. The van der Waals surface area contributed by atoms with Gasteiger partial charge in [-0.1, -0.05) is 41.6 Å². The van der Waals surface area contributed by atoms with Crippen molar-refractivity contribution in [1.82, 2.24) is 19.9 Å². The number of likely N-dealkylation sites (N-methyl/N-ethyl adjacent to an activating group) is 1. The molecule has 0 saturated heterocycles. The highest BCUT2D eigenvalue weighted by atomic mass is 16.5. The van der Waals surface area contributed by atoms with E-state index >= 15 is 0 Å². The van der Waals surface area contributed by atoms with E-state index in [0.717, 1.165) is 17.7 Å². The van der Waals surface area contributed by atoms with Crippen LogP contribution in [0.15, 0.2) is 59.1 Å². The van der Waals surface area contributed by atoms with Crippen LogP contribution >= 0.6 is 0 Å². The van der Waals surface area contributed by atoms with E-state index < -0.39 is 0 Å². The number of rotatable bonds is 9. The first-order valence-corrected chi connectivity index (χ1v) is 9.48. The molecular weight excluding hydrogens is 368 g/mol. The molecule has 0 spiro atoms. The van der Waals surface area contributed by atoms with Crippen molar-refractivity contribution in [3.8, 4) is 17.2 Å². The van der Waals surface area contributed by atoms with Gasteiger partial charge in [0.1, 0.15) is 5.75 Å². The minimum atomic E-state index is -0.0336. The molecule has 7 heteroatoms. The minimum absolute atomic E-state index is 0.0336. The van der Waals surface area contributed by atoms with E-state index in [0.29, 0.717) is 30.6 Å². The summed E-state index contributed by atoms with van der Waals surface area (Å²) in [4.78, 5) is 21.2. The normalized spacial score (nSPS) is 10.9. The van der Waals surface area contributed by atoms with Crippen LogP contribution in [-0.4, -0.2) is 60.1 Å². The van der Waals surface area contributed by atoms with Gasteiger partial charge in [-0.15, -0.1) is 0 Å². The topological polar surface area (TPSA) is 71.7 Å². The molecule has 7 nitrogen and oxygen atoms in total. The van der Waals surface area contributed by atoms with E-state index in [2.05, 4.69) is 15.0 Å². The van der Waals surface area contributed by atoms with Crippen LogP contribution in [-0.2, 0) is 17.8 Å². The zero-order valence-corrected chi connectivity index (χ0v) is 17.0. The number of carbonyl (C=O) groups is 1. The van der Waals surface area contributed by atoms with Gasteiger partial charge in [0.2, 0.25) is 5.91 Å².